The first-order chi connectivity index (χ1) is 7.89. The molecule has 2 rings (SSSR count). The van der Waals surface area contributed by atoms with Crippen molar-refractivity contribution < 1.29 is 5.11 Å². The maximum Gasteiger partial charge on any atom is 0.0467 e. The highest BCUT2D eigenvalue weighted by Gasteiger charge is 2.47. The molecule has 1 heteroatoms. The largest absolute Gasteiger partial charge is 0.396 e. The Labute approximate surface area is 106 Å². The fourth-order valence-electron chi connectivity index (χ4n) is 3.23. The fourth-order valence-corrected chi connectivity index (χ4v) is 3.23. The van der Waals surface area contributed by atoms with Gasteiger partial charge in [-0.15, -0.1) is 0 Å². The molecule has 2 aliphatic carbocycles. The second-order valence-corrected chi connectivity index (χ2v) is 6.85. The summed E-state index contributed by atoms with van der Waals surface area (Å²) in [4.78, 5) is 0. The van der Waals surface area contributed by atoms with Gasteiger partial charge in [0.2, 0.25) is 0 Å². The van der Waals surface area contributed by atoms with Crippen LogP contribution in [0.3, 0.4) is 0 Å². The Morgan fingerprint density at radius 2 is 2.06 bits per heavy atom. The summed E-state index contributed by atoms with van der Waals surface area (Å²) in [5, 5.41) is 9.19. The topological polar surface area (TPSA) is 20.2 Å². The molecule has 0 aromatic heterocycles. The Morgan fingerprint density at radius 3 is 2.59 bits per heavy atom. The van der Waals surface area contributed by atoms with E-state index < -0.39 is 0 Å². The lowest BCUT2D eigenvalue weighted by molar-refractivity contribution is 0.262. The molecule has 0 spiro atoms. The molecular weight excluding hydrogens is 208 g/mol. The van der Waals surface area contributed by atoms with Crippen LogP contribution < -0.4 is 0 Å². The van der Waals surface area contributed by atoms with Gasteiger partial charge in [-0.1, -0.05) is 38.5 Å². The van der Waals surface area contributed by atoms with Gasteiger partial charge < -0.3 is 5.11 Å². The quantitative estimate of drug-likeness (QED) is 0.780. The Morgan fingerprint density at radius 1 is 1.35 bits per heavy atom. The Kier molecular flexibility index (Phi) is 3.24. The first-order valence-electron chi connectivity index (χ1n) is 6.89. The second-order valence-electron chi connectivity index (χ2n) is 6.85. The zero-order chi connectivity index (χ0) is 12.7. The van der Waals surface area contributed by atoms with Crippen molar-refractivity contribution in [2.24, 2.45) is 16.7 Å². The molecule has 0 heterocycles. The summed E-state index contributed by atoms with van der Waals surface area (Å²) in [7, 11) is 0. The van der Waals surface area contributed by atoms with Gasteiger partial charge in [0, 0.05) is 6.61 Å². The fraction of sp³-hybridized carbons (Fsp3) is 0.750. The Bertz CT molecular complexity index is 362. The van der Waals surface area contributed by atoms with Crippen molar-refractivity contribution in [3.63, 3.8) is 0 Å². The van der Waals surface area contributed by atoms with E-state index in [1.165, 1.54) is 24.8 Å². The molecule has 0 amide bonds. The summed E-state index contributed by atoms with van der Waals surface area (Å²) in [5.74, 6) is 0.492. The molecule has 2 atom stereocenters. The SMILES string of the molecule is CC1=C(/C=C/[C@@]2(C)C[C@H]2CO)C(C)(C)CCC1. The van der Waals surface area contributed by atoms with Gasteiger partial charge in [0.1, 0.15) is 0 Å². The smallest absolute Gasteiger partial charge is 0.0467 e. The number of allylic oxidation sites excluding steroid dienone is 4. The van der Waals surface area contributed by atoms with E-state index in [1.54, 1.807) is 5.57 Å². The summed E-state index contributed by atoms with van der Waals surface area (Å²) >= 11 is 0. The van der Waals surface area contributed by atoms with Crippen LogP contribution in [0.25, 0.3) is 0 Å². The third kappa shape index (κ3) is 2.49. The first-order valence-corrected chi connectivity index (χ1v) is 6.89. The molecule has 0 unspecified atom stereocenters. The number of aliphatic hydroxyl groups excluding tert-OH is 1. The van der Waals surface area contributed by atoms with Gasteiger partial charge in [0.05, 0.1) is 0 Å². The minimum Gasteiger partial charge on any atom is -0.396 e. The van der Waals surface area contributed by atoms with Crippen molar-refractivity contribution in [1.29, 1.82) is 0 Å². The van der Waals surface area contributed by atoms with Crippen LogP contribution in [0.4, 0.5) is 0 Å². The molecule has 0 saturated heterocycles. The molecule has 0 aromatic rings. The monoisotopic (exact) mass is 234 g/mol. The van der Waals surface area contributed by atoms with Gasteiger partial charge >= 0.3 is 0 Å². The van der Waals surface area contributed by atoms with Crippen molar-refractivity contribution in [1.82, 2.24) is 0 Å². The molecule has 96 valence electrons. The molecule has 2 aliphatic rings. The van der Waals surface area contributed by atoms with Crippen LogP contribution in [0.15, 0.2) is 23.3 Å². The van der Waals surface area contributed by atoms with Crippen LogP contribution in [-0.2, 0) is 0 Å². The van der Waals surface area contributed by atoms with Crippen molar-refractivity contribution in [2.75, 3.05) is 6.61 Å². The van der Waals surface area contributed by atoms with Crippen LogP contribution in [0, 0.1) is 16.7 Å². The Hall–Kier alpha value is -0.560. The molecule has 0 aromatic carbocycles. The van der Waals surface area contributed by atoms with Crippen molar-refractivity contribution >= 4 is 0 Å². The summed E-state index contributed by atoms with van der Waals surface area (Å²) in [6.07, 6.45) is 9.72. The predicted molar refractivity (Wildman–Crippen MR) is 72.8 cm³/mol. The van der Waals surface area contributed by atoms with Crippen molar-refractivity contribution in [3.05, 3.63) is 23.3 Å². The van der Waals surface area contributed by atoms with Gasteiger partial charge in [0.15, 0.2) is 0 Å². The van der Waals surface area contributed by atoms with Gasteiger partial charge in [-0.05, 0) is 54.9 Å². The van der Waals surface area contributed by atoms with E-state index in [4.69, 9.17) is 0 Å². The third-order valence-corrected chi connectivity index (χ3v) is 4.85. The third-order valence-electron chi connectivity index (χ3n) is 4.85. The van der Waals surface area contributed by atoms with E-state index in [1.807, 2.05) is 0 Å². The maximum atomic E-state index is 9.19. The van der Waals surface area contributed by atoms with Crippen LogP contribution >= 0.6 is 0 Å². The van der Waals surface area contributed by atoms with Crippen LogP contribution in [0.1, 0.15) is 53.4 Å². The summed E-state index contributed by atoms with van der Waals surface area (Å²) in [6, 6.07) is 0. The lowest BCUT2D eigenvalue weighted by Gasteiger charge is -2.33. The van der Waals surface area contributed by atoms with E-state index in [-0.39, 0.29) is 5.41 Å². The molecule has 1 saturated carbocycles. The van der Waals surface area contributed by atoms with Gasteiger partial charge in [-0.3, -0.25) is 0 Å². The average Bonchev–Trinajstić information content (AvgIpc) is 2.88. The van der Waals surface area contributed by atoms with Gasteiger partial charge in [-0.2, -0.15) is 0 Å². The molecule has 1 nitrogen and oxygen atoms in total. The van der Waals surface area contributed by atoms with E-state index >= 15 is 0 Å². The predicted octanol–water partition coefficient (Wildman–Crippen LogP) is 4.09. The van der Waals surface area contributed by atoms with E-state index in [9.17, 15) is 5.11 Å². The number of hydrogen-bond donors (Lipinski definition) is 1. The highest BCUT2D eigenvalue weighted by molar-refractivity contribution is 5.34. The molecule has 0 radical (unpaired) electrons. The average molecular weight is 234 g/mol. The lowest BCUT2D eigenvalue weighted by Crippen LogP contribution is -2.19. The number of hydrogen-bond acceptors (Lipinski definition) is 1. The molecule has 0 aliphatic heterocycles. The molecular formula is C16H26O. The summed E-state index contributed by atoms with van der Waals surface area (Å²) < 4.78 is 0. The van der Waals surface area contributed by atoms with E-state index in [0.717, 1.165) is 6.42 Å². The summed E-state index contributed by atoms with van der Waals surface area (Å²) in [5.41, 5.74) is 3.69. The molecule has 17 heavy (non-hydrogen) atoms. The minimum atomic E-state index is 0.259. The normalized spacial score (nSPS) is 36.6. The number of rotatable bonds is 3. The van der Waals surface area contributed by atoms with E-state index in [0.29, 0.717) is 17.9 Å². The lowest BCUT2D eigenvalue weighted by atomic mass is 9.72. The van der Waals surface area contributed by atoms with Crippen LogP contribution in [-0.4, -0.2) is 11.7 Å². The maximum absolute atomic E-state index is 9.19. The zero-order valence-corrected chi connectivity index (χ0v) is 11.7. The van der Waals surface area contributed by atoms with Gasteiger partial charge in [-0.25, -0.2) is 0 Å². The van der Waals surface area contributed by atoms with Crippen molar-refractivity contribution in [2.45, 2.75) is 53.4 Å². The second kappa shape index (κ2) is 4.28. The highest BCUT2D eigenvalue weighted by Crippen LogP contribution is 2.53. The molecule has 0 bridgehead atoms. The van der Waals surface area contributed by atoms with E-state index in [2.05, 4.69) is 39.8 Å². The van der Waals surface area contributed by atoms with Crippen LogP contribution in [0.2, 0.25) is 0 Å². The van der Waals surface area contributed by atoms with Crippen LogP contribution in [0.5, 0.6) is 0 Å². The standard InChI is InChI=1S/C16H26O/c1-12-6-5-8-15(2,3)14(12)7-9-16(4)10-13(16)11-17/h7,9,13,17H,5-6,8,10-11H2,1-4H3/b9-7+/t13-,16-/m0/s1. The number of aliphatic hydroxyl groups is 1. The zero-order valence-electron chi connectivity index (χ0n) is 11.7. The minimum absolute atomic E-state index is 0.259. The summed E-state index contributed by atoms with van der Waals surface area (Å²) in [6.45, 7) is 9.58. The molecule has 1 fully saturated rings. The Balaban J connectivity index is 2.15. The highest BCUT2D eigenvalue weighted by atomic mass is 16.3. The first kappa shape index (κ1) is 12.9. The van der Waals surface area contributed by atoms with Gasteiger partial charge in [0.25, 0.3) is 0 Å². The van der Waals surface area contributed by atoms with Crippen molar-refractivity contribution in [3.8, 4) is 0 Å². The molecule has 1 N–H and O–H groups in total.